The molecule has 0 radical (unpaired) electrons. The van der Waals surface area contributed by atoms with E-state index >= 15 is 0 Å². The summed E-state index contributed by atoms with van der Waals surface area (Å²) in [5, 5.41) is 0. The normalized spacial score (nSPS) is 11.7. The molecule has 0 fully saturated rings. The Kier molecular flexibility index (Phi) is 5.81. The molecule has 0 bridgehead atoms. The van der Waals surface area contributed by atoms with Crippen molar-refractivity contribution in [3.8, 4) is 0 Å². The number of rotatable bonds is 5. The summed E-state index contributed by atoms with van der Waals surface area (Å²) < 4.78 is 21.3. The van der Waals surface area contributed by atoms with Crippen LogP contribution in [0.25, 0.3) is 10.2 Å². The van der Waals surface area contributed by atoms with Gasteiger partial charge in [-0.05, 0) is 31.5 Å². The molecule has 0 saturated carbocycles. The van der Waals surface area contributed by atoms with E-state index in [4.69, 9.17) is 4.74 Å². The van der Waals surface area contributed by atoms with Crippen LogP contribution in [0.15, 0.2) is 47.5 Å². The summed E-state index contributed by atoms with van der Waals surface area (Å²) in [5.41, 5.74) is 2.20. The lowest BCUT2D eigenvalue weighted by Gasteiger charge is -2.05. The van der Waals surface area contributed by atoms with E-state index in [9.17, 15) is 14.0 Å². The first-order valence-electron chi connectivity index (χ1n) is 8.54. The van der Waals surface area contributed by atoms with Gasteiger partial charge in [-0.2, -0.15) is 4.99 Å². The van der Waals surface area contributed by atoms with Crippen LogP contribution in [0.4, 0.5) is 4.39 Å². The number of amides is 1. The van der Waals surface area contributed by atoms with Crippen LogP contribution in [0, 0.1) is 12.7 Å². The van der Waals surface area contributed by atoms with Gasteiger partial charge in [0.15, 0.2) is 4.80 Å². The molecule has 1 amide bonds. The van der Waals surface area contributed by atoms with Gasteiger partial charge in [-0.15, -0.1) is 0 Å². The van der Waals surface area contributed by atoms with Gasteiger partial charge in [-0.3, -0.25) is 9.59 Å². The van der Waals surface area contributed by atoms with E-state index in [1.807, 2.05) is 31.2 Å². The van der Waals surface area contributed by atoms with E-state index in [0.29, 0.717) is 4.70 Å². The summed E-state index contributed by atoms with van der Waals surface area (Å²) in [5.74, 6) is -1.34. The maximum absolute atomic E-state index is 14.3. The van der Waals surface area contributed by atoms with Crippen molar-refractivity contribution in [2.45, 2.75) is 26.8 Å². The Bertz CT molecular complexity index is 1050. The third-order valence-corrected chi connectivity index (χ3v) is 4.98. The molecule has 0 atom stereocenters. The fourth-order valence-electron chi connectivity index (χ4n) is 2.68. The lowest BCUT2D eigenvalue weighted by molar-refractivity contribution is -0.143. The van der Waals surface area contributed by atoms with Crippen molar-refractivity contribution < 1.29 is 18.7 Å². The first kappa shape index (κ1) is 19.0. The zero-order valence-corrected chi connectivity index (χ0v) is 15.9. The predicted molar refractivity (Wildman–Crippen MR) is 102 cm³/mol. The number of thiazole rings is 1. The number of ether oxygens (including phenoxy) is 1. The monoisotopic (exact) mass is 386 g/mol. The molecule has 0 spiro atoms. The van der Waals surface area contributed by atoms with Crippen LogP contribution in [-0.2, 0) is 27.3 Å². The van der Waals surface area contributed by atoms with Crippen molar-refractivity contribution >= 4 is 33.4 Å². The highest BCUT2D eigenvalue weighted by Crippen LogP contribution is 2.20. The number of carbonyl (C=O) groups is 2. The van der Waals surface area contributed by atoms with Crippen LogP contribution in [-0.4, -0.2) is 23.1 Å². The molecule has 2 aromatic carbocycles. The summed E-state index contributed by atoms with van der Waals surface area (Å²) in [6.07, 6.45) is 0.135. The number of aromatic nitrogens is 1. The molecule has 0 saturated heterocycles. The fourth-order valence-corrected chi connectivity index (χ4v) is 3.74. The maximum Gasteiger partial charge on any atom is 0.326 e. The topological polar surface area (TPSA) is 60.7 Å². The minimum atomic E-state index is -0.507. The summed E-state index contributed by atoms with van der Waals surface area (Å²) >= 11 is 1.17. The fraction of sp³-hybridized carbons (Fsp3) is 0.250. The van der Waals surface area contributed by atoms with Crippen LogP contribution in [0.2, 0.25) is 0 Å². The van der Waals surface area contributed by atoms with E-state index in [0.717, 1.165) is 11.1 Å². The lowest BCUT2D eigenvalue weighted by Crippen LogP contribution is -2.23. The van der Waals surface area contributed by atoms with Gasteiger partial charge in [0, 0.05) is 0 Å². The highest BCUT2D eigenvalue weighted by atomic mass is 32.1. The largest absolute Gasteiger partial charge is 0.465 e. The van der Waals surface area contributed by atoms with Gasteiger partial charge in [0.25, 0.3) is 5.91 Å². The quantitative estimate of drug-likeness (QED) is 0.632. The van der Waals surface area contributed by atoms with E-state index in [1.165, 1.54) is 22.0 Å². The van der Waals surface area contributed by atoms with Crippen LogP contribution < -0.4 is 4.80 Å². The Hall–Kier alpha value is -2.80. The van der Waals surface area contributed by atoms with Gasteiger partial charge in [0.2, 0.25) is 0 Å². The first-order chi connectivity index (χ1) is 13.0. The van der Waals surface area contributed by atoms with Gasteiger partial charge in [-0.1, -0.05) is 47.2 Å². The molecule has 3 rings (SSSR count). The molecular formula is C20H19FN2O3S. The van der Waals surface area contributed by atoms with Gasteiger partial charge in [-0.25, -0.2) is 4.39 Å². The highest BCUT2D eigenvalue weighted by Gasteiger charge is 2.15. The molecule has 0 N–H and O–H groups in total. The van der Waals surface area contributed by atoms with E-state index < -0.39 is 11.8 Å². The average molecular weight is 386 g/mol. The van der Waals surface area contributed by atoms with Crippen molar-refractivity contribution in [2.24, 2.45) is 4.99 Å². The number of aryl methyl sites for hydroxylation is 1. The molecule has 0 aliphatic rings. The summed E-state index contributed by atoms with van der Waals surface area (Å²) in [4.78, 5) is 28.8. The zero-order valence-electron chi connectivity index (χ0n) is 15.1. The maximum atomic E-state index is 14.3. The average Bonchev–Trinajstić information content (AvgIpc) is 2.95. The van der Waals surface area contributed by atoms with E-state index in [-0.39, 0.29) is 35.8 Å². The summed E-state index contributed by atoms with van der Waals surface area (Å²) in [6, 6.07) is 12.2. The smallest absolute Gasteiger partial charge is 0.326 e. The SMILES string of the molecule is CCOC(=O)Cn1c(=NC(=O)Cc2ccc(C)cc2)sc2cccc(F)c21. The third kappa shape index (κ3) is 4.49. The van der Waals surface area contributed by atoms with Gasteiger partial charge < -0.3 is 9.30 Å². The molecule has 3 aromatic rings. The van der Waals surface area contributed by atoms with Crippen molar-refractivity contribution in [3.63, 3.8) is 0 Å². The zero-order chi connectivity index (χ0) is 19.4. The van der Waals surface area contributed by atoms with Crippen LogP contribution >= 0.6 is 11.3 Å². The molecule has 140 valence electrons. The minimum absolute atomic E-state index is 0.135. The predicted octanol–water partition coefficient (Wildman–Crippen LogP) is 3.38. The molecule has 7 heteroatoms. The minimum Gasteiger partial charge on any atom is -0.465 e. The highest BCUT2D eigenvalue weighted by molar-refractivity contribution is 7.16. The Morgan fingerprint density at radius 1 is 1.19 bits per heavy atom. The number of fused-ring (bicyclic) bond motifs is 1. The number of esters is 1. The van der Waals surface area contributed by atoms with Crippen molar-refractivity contribution in [2.75, 3.05) is 6.61 Å². The Labute approximate surface area is 159 Å². The first-order valence-corrected chi connectivity index (χ1v) is 9.36. The van der Waals surface area contributed by atoms with Crippen LogP contribution in [0.5, 0.6) is 0 Å². The second-order valence-electron chi connectivity index (χ2n) is 6.03. The molecular weight excluding hydrogens is 367 g/mol. The second-order valence-corrected chi connectivity index (χ2v) is 7.04. The van der Waals surface area contributed by atoms with Crippen LogP contribution in [0.3, 0.4) is 0 Å². The molecule has 1 heterocycles. The second kappa shape index (κ2) is 8.26. The molecule has 0 aliphatic heterocycles. The molecule has 27 heavy (non-hydrogen) atoms. The number of nitrogens with zero attached hydrogens (tertiary/aromatic N) is 2. The Balaban J connectivity index is 2.00. The van der Waals surface area contributed by atoms with Gasteiger partial charge in [0.1, 0.15) is 12.4 Å². The van der Waals surface area contributed by atoms with Crippen molar-refractivity contribution in [1.82, 2.24) is 4.57 Å². The summed E-state index contributed by atoms with van der Waals surface area (Å²) in [6.45, 7) is 3.69. The van der Waals surface area contributed by atoms with Gasteiger partial charge in [0.05, 0.1) is 23.2 Å². The number of halogens is 1. The lowest BCUT2D eigenvalue weighted by atomic mass is 10.1. The van der Waals surface area contributed by atoms with E-state index in [1.54, 1.807) is 19.1 Å². The molecule has 0 unspecified atom stereocenters. The van der Waals surface area contributed by atoms with Crippen molar-refractivity contribution in [1.29, 1.82) is 0 Å². The van der Waals surface area contributed by atoms with Crippen LogP contribution in [0.1, 0.15) is 18.1 Å². The summed E-state index contributed by atoms with van der Waals surface area (Å²) in [7, 11) is 0. The number of hydrogen-bond acceptors (Lipinski definition) is 4. The number of carbonyl (C=O) groups excluding carboxylic acids is 2. The van der Waals surface area contributed by atoms with Gasteiger partial charge >= 0.3 is 5.97 Å². The number of para-hydroxylation sites is 1. The molecule has 5 nitrogen and oxygen atoms in total. The third-order valence-electron chi connectivity index (χ3n) is 3.94. The molecule has 1 aromatic heterocycles. The Morgan fingerprint density at radius 3 is 2.63 bits per heavy atom. The number of hydrogen-bond donors (Lipinski definition) is 0. The standard InChI is InChI=1S/C20H19FN2O3S/c1-3-26-18(25)12-23-19-15(21)5-4-6-16(19)27-20(23)22-17(24)11-14-9-7-13(2)8-10-14/h4-10H,3,11-12H2,1-2H3. The Morgan fingerprint density at radius 2 is 1.93 bits per heavy atom. The number of benzene rings is 2. The van der Waals surface area contributed by atoms with Crippen molar-refractivity contribution in [3.05, 3.63) is 64.2 Å². The molecule has 0 aliphatic carbocycles. The van der Waals surface area contributed by atoms with E-state index in [2.05, 4.69) is 4.99 Å².